The standard InChI is InChI=1S/C22H21N7O/c1-28-14-20(21(27-28)19-4-2-3-7-24-19)26-22(30)17-8-16(9-23-10-17)18-11-25-29(13-18)12-15-5-6-15/h2-4,7-11,13-15H,5-6,12H2,1H3,(H,26,30). The van der Waals surface area contributed by atoms with Gasteiger partial charge in [0, 0.05) is 55.7 Å². The van der Waals surface area contributed by atoms with Crippen LogP contribution in [0.5, 0.6) is 0 Å². The van der Waals surface area contributed by atoms with Crippen LogP contribution in [0.2, 0.25) is 0 Å². The van der Waals surface area contributed by atoms with E-state index < -0.39 is 0 Å². The number of amides is 1. The predicted molar refractivity (Wildman–Crippen MR) is 113 cm³/mol. The van der Waals surface area contributed by atoms with Crippen LogP contribution in [0.4, 0.5) is 5.69 Å². The lowest BCUT2D eigenvalue weighted by Gasteiger charge is -2.06. The molecule has 0 unspecified atom stereocenters. The third-order valence-corrected chi connectivity index (χ3v) is 5.09. The van der Waals surface area contributed by atoms with Crippen molar-refractivity contribution in [3.05, 3.63) is 67.0 Å². The van der Waals surface area contributed by atoms with Crippen molar-refractivity contribution in [2.75, 3.05) is 5.32 Å². The van der Waals surface area contributed by atoms with E-state index in [2.05, 4.69) is 25.5 Å². The van der Waals surface area contributed by atoms with E-state index in [0.29, 0.717) is 22.6 Å². The van der Waals surface area contributed by atoms with E-state index in [-0.39, 0.29) is 5.91 Å². The number of hydrogen-bond donors (Lipinski definition) is 1. The van der Waals surface area contributed by atoms with Crippen molar-refractivity contribution in [3.63, 3.8) is 0 Å². The van der Waals surface area contributed by atoms with Gasteiger partial charge in [-0.15, -0.1) is 0 Å². The molecule has 0 aliphatic heterocycles. The molecule has 1 fully saturated rings. The zero-order valence-electron chi connectivity index (χ0n) is 16.6. The van der Waals surface area contributed by atoms with Crippen LogP contribution in [0, 0.1) is 5.92 Å². The molecule has 30 heavy (non-hydrogen) atoms. The van der Waals surface area contributed by atoms with Gasteiger partial charge in [-0.2, -0.15) is 10.2 Å². The Balaban J connectivity index is 1.37. The summed E-state index contributed by atoms with van der Waals surface area (Å²) >= 11 is 0. The Morgan fingerprint density at radius 2 is 2.07 bits per heavy atom. The minimum Gasteiger partial charge on any atom is -0.319 e. The summed E-state index contributed by atoms with van der Waals surface area (Å²) in [6.07, 6.45) is 13.2. The second-order valence-electron chi connectivity index (χ2n) is 7.59. The number of pyridine rings is 2. The molecule has 0 atom stereocenters. The third-order valence-electron chi connectivity index (χ3n) is 5.09. The van der Waals surface area contributed by atoms with Gasteiger partial charge in [-0.05, 0) is 37.0 Å². The predicted octanol–water partition coefficient (Wildman–Crippen LogP) is 3.40. The molecule has 1 aliphatic carbocycles. The maximum absolute atomic E-state index is 12.9. The lowest BCUT2D eigenvalue weighted by molar-refractivity contribution is 0.102. The second kappa shape index (κ2) is 7.55. The molecule has 0 saturated heterocycles. The number of anilines is 1. The van der Waals surface area contributed by atoms with Gasteiger partial charge in [0.15, 0.2) is 0 Å². The van der Waals surface area contributed by atoms with Crippen LogP contribution in [-0.4, -0.2) is 35.4 Å². The summed E-state index contributed by atoms with van der Waals surface area (Å²) < 4.78 is 3.62. The zero-order chi connectivity index (χ0) is 20.5. The number of carbonyl (C=O) groups is 1. The van der Waals surface area contributed by atoms with Crippen molar-refractivity contribution in [2.45, 2.75) is 19.4 Å². The quantitative estimate of drug-likeness (QED) is 0.537. The molecule has 150 valence electrons. The van der Waals surface area contributed by atoms with Crippen LogP contribution in [0.15, 0.2) is 61.4 Å². The first-order chi connectivity index (χ1) is 14.7. The van der Waals surface area contributed by atoms with Crippen molar-refractivity contribution in [1.29, 1.82) is 0 Å². The van der Waals surface area contributed by atoms with Crippen molar-refractivity contribution >= 4 is 11.6 Å². The van der Waals surface area contributed by atoms with E-state index in [1.807, 2.05) is 48.4 Å². The number of nitrogens with zero attached hydrogens (tertiary/aromatic N) is 6. The zero-order valence-corrected chi connectivity index (χ0v) is 16.6. The molecule has 1 amide bonds. The first-order valence-corrected chi connectivity index (χ1v) is 9.90. The van der Waals surface area contributed by atoms with E-state index >= 15 is 0 Å². The van der Waals surface area contributed by atoms with Crippen LogP contribution >= 0.6 is 0 Å². The summed E-state index contributed by atoms with van der Waals surface area (Å²) in [4.78, 5) is 21.5. The number of aromatic nitrogens is 6. The van der Waals surface area contributed by atoms with E-state index in [4.69, 9.17) is 0 Å². The summed E-state index contributed by atoms with van der Waals surface area (Å²) in [5, 5.41) is 11.8. The molecule has 0 bridgehead atoms. The topological polar surface area (TPSA) is 90.5 Å². The number of rotatable bonds is 6. The van der Waals surface area contributed by atoms with Gasteiger partial charge in [-0.3, -0.25) is 24.1 Å². The highest BCUT2D eigenvalue weighted by molar-refractivity contribution is 6.06. The number of aryl methyl sites for hydroxylation is 1. The Kier molecular flexibility index (Phi) is 4.59. The van der Waals surface area contributed by atoms with Gasteiger partial charge in [-0.1, -0.05) is 6.07 Å². The maximum atomic E-state index is 12.9. The lowest BCUT2D eigenvalue weighted by Crippen LogP contribution is -2.12. The lowest BCUT2D eigenvalue weighted by atomic mass is 10.1. The van der Waals surface area contributed by atoms with E-state index in [1.54, 1.807) is 29.5 Å². The van der Waals surface area contributed by atoms with E-state index in [1.165, 1.54) is 12.8 Å². The molecule has 5 rings (SSSR count). The molecule has 8 heteroatoms. The molecule has 1 saturated carbocycles. The number of carbonyl (C=O) groups excluding carboxylic acids is 1. The maximum Gasteiger partial charge on any atom is 0.257 e. The third kappa shape index (κ3) is 3.84. The fourth-order valence-corrected chi connectivity index (χ4v) is 3.37. The average Bonchev–Trinajstić information content (AvgIpc) is 3.32. The molecule has 4 aromatic heterocycles. The molecule has 0 radical (unpaired) electrons. The fraction of sp³-hybridized carbons (Fsp3) is 0.227. The van der Waals surface area contributed by atoms with Crippen LogP contribution in [-0.2, 0) is 13.6 Å². The summed E-state index contributed by atoms with van der Waals surface area (Å²) in [6.45, 7) is 0.949. The van der Waals surface area contributed by atoms with Crippen molar-refractivity contribution in [1.82, 2.24) is 29.5 Å². The van der Waals surface area contributed by atoms with Crippen LogP contribution in [0.3, 0.4) is 0 Å². The average molecular weight is 399 g/mol. The Morgan fingerprint density at radius 1 is 1.17 bits per heavy atom. The molecule has 4 heterocycles. The van der Waals surface area contributed by atoms with Crippen LogP contribution in [0.1, 0.15) is 23.2 Å². The van der Waals surface area contributed by atoms with Crippen molar-refractivity contribution in [2.24, 2.45) is 13.0 Å². The molecule has 0 spiro atoms. The normalized spacial score (nSPS) is 13.4. The Morgan fingerprint density at radius 3 is 2.87 bits per heavy atom. The van der Waals surface area contributed by atoms with Gasteiger partial charge >= 0.3 is 0 Å². The molecular formula is C22H21N7O. The van der Waals surface area contributed by atoms with Gasteiger partial charge in [0.25, 0.3) is 5.91 Å². The van der Waals surface area contributed by atoms with Crippen molar-refractivity contribution in [3.8, 4) is 22.5 Å². The van der Waals surface area contributed by atoms with Gasteiger partial charge in [0.05, 0.1) is 23.1 Å². The monoisotopic (exact) mass is 399 g/mol. The minimum atomic E-state index is -0.250. The molecule has 8 nitrogen and oxygen atoms in total. The van der Waals surface area contributed by atoms with Gasteiger partial charge in [0.1, 0.15) is 5.69 Å². The highest BCUT2D eigenvalue weighted by atomic mass is 16.1. The number of hydrogen-bond acceptors (Lipinski definition) is 5. The van der Waals surface area contributed by atoms with Crippen LogP contribution in [0.25, 0.3) is 22.5 Å². The largest absolute Gasteiger partial charge is 0.319 e. The highest BCUT2D eigenvalue weighted by Crippen LogP contribution is 2.31. The second-order valence-corrected chi connectivity index (χ2v) is 7.59. The smallest absolute Gasteiger partial charge is 0.257 e. The summed E-state index contributed by atoms with van der Waals surface area (Å²) in [5.41, 5.74) is 4.21. The highest BCUT2D eigenvalue weighted by Gasteiger charge is 2.22. The van der Waals surface area contributed by atoms with Crippen LogP contribution < -0.4 is 5.32 Å². The van der Waals surface area contributed by atoms with Crippen molar-refractivity contribution < 1.29 is 4.79 Å². The fourth-order valence-electron chi connectivity index (χ4n) is 3.37. The van der Waals surface area contributed by atoms with Gasteiger partial charge in [0.2, 0.25) is 0 Å². The minimum absolute atomic E-state index is 0.250. The van der Waals surface area contributed by atoms with Gasteiger partial charge in [-0.25, -0.2) is 0 Å². The molecule has 1 aliphatic rings. The first-order valence-electron chi connectivity index (χ1n) is 9.90. The summed E-state index contributed by atoms with van der Waals surface area (Å²) in [5.74, 6) is 0.501. The SMILES string of the molecule is Cn1cc(NC(=O)c2cncc(-c3cnn(CC4CC4)c3)c2)c(-c2ccccn2)n1. The van der Waals surface area contributed by atoms with E-state index in [0.717, 1.165) is 23.6 Å². The summed E-state index contributed by atoms with van der Waals surface area (Å²) in [6, 6.07) is 7.42. The van der Waals surface area contributed by atoms with Gasteiger partial charge < -0.3 is 5.32 Å². The molecule has 0 aromatic carbocycles. The Hall–Kier alpha value is -3.81. The number of nitrogens with one attached hydrogen (secondary N) is 1. The molecular weight excluding hydrogens is 378 g/mol. The van der Waals surface area contributed by atoms with E-state index in [9.17, 15) is 4.79 Å². The molecule has 1 N–H and O–H groups in total. The first kappa shape index (κ1) is 18.2. The molecule has 4 aromatic rings. The summed E-state index contributed by atoms with van der Waals surface area (Å²) in [7, 11) is 1.81. The Bertz CT molecular complexity index is 1190. The Labute approximate surface area is 173 Å².